The van der Waals surface area contributed by atoms with Crippen molar-refractivity contribution in [3.8, 4) is 0 Å². The smallest absolute Gasteiger partial charge is 0.00698 e. The molecule has 2 rings (SSSR count). The molecule has 0 saturated heterocycles. The van der Waals surface area contributed by atoms with Gasteiger partial charge in [0.05, 0.1) is 0 Å². The summed E-state index contributed by atoms with van der Waals surface area (Å²) in [5, 5.41) is 3.88. The van der Waals surface area contributed by atoms with Gasteiger partial charge >= 0.3 is 0 Å². The Bertz CT molecular complexity index is 176. The standard InChI is InChI=1S/C14H27N/c1-11-7-9-14(10-8-11)15-12(2)13-5-3-4-6-13/h11-15H,3-10H2,1-2H3/t11?,12-,14?/m1/s1. The summed E-state index contributed by atoms with van der Waals surface area (Å²) in [6, 6.07) is 1.60. The summed E-state index contributed by atoms with van der Waals surface area (Å²) in [6.07, 6.45) is 11.6. The van der Waals surface area contributed by atoms with Crippen LogP contribution in [0.5, 0.6) is 0 Å². The van der Waals surface area contributed by atoms with Gasteiger partial charge in [-0.15, -0.1) is 0 Å². The first-order valence-electron chi connectivity index (χ1n) is 7.01. The number of hydrogen-bond acceptors (Lipinski definition) is 1. The molecule has 1 heteroatoms. The van der Waals surface area contributed by atoms with Crippen molar-refractivity contribution in [1.82, 2.24) is 5.32 Å². The summed E-state index contributed by atoms with van der Waals surface area (Å²) in [5.41, 5.74) is 0. The molecule has 88 valence electrons. The van der Waals surface area contributed by atoms with Gasteiger partial charge < -0.3 is 5.32 Å². The van der Waals surface area contributed by atoms with E-state index in [1.807, 2.05) is 0 Å². The second-order valence-electron chi connectivity index (χ2n) is 5.96. The second kappa shape index (κ2) is 5.34. The highest BCUT2D eigenvalue weighted by Gasteiger charge is 2.25. The van der Waals surface area contributed by atoms with Crippen LogP contribution in [0.25, 0.3) is 0 Å². The molecule has 0 aromatic heterocycles. The fourth-order valence-corrected chi connectivity index (χ4v) is 3.39. The van der Waals surface area contributed by atoms with E-state index in [0.717, 1.165) is 23.9 Å². The minimum atomic E-state index is 0.769. The van der Waals surface area contributed by atoms with Gasteiger partial charge in [-0.3, -0.25) is 0 Å². The van der Waals surface area contributed by atoms with Gasteiger partial charge in [0.2, 0.25) is 0 Å². The van der Waals surface area contributed by atoms with Crippen LogP contribution in [0.2, 0.25) is 0 Å². The van der Waals surface area contributed by atoms with Crippen molar-refractivity contribution >= 4 is 0 Å². The van der Waals surface area contributed by atoms with Crippen LogP contribution in [0.15, 0.2) is 0 Å². The van der Waals surface area contributed by atoms with Gasteiger partial charge in [0.15, 0.2) is 0 Å². The minimum Gasteiger partial charge on any atom is -0.311 e. The summed E-state index contributed by atoms with van der Waals surface area (Å²) in [4.78, 5) is 0. The molecular weight excluding hydrogens is 182 g/mol. The molecule has 0 aliphatic heterocycles. The number of rotatable bonds is 3. The zero-order chi connectivity index (χ0) is 10.7. The largest absolute Gasteiger partial charge is 0.311 e. The average Bonchev–Trinajstić information content (AvgIpc) is 2.74. The SMILES string of the molecule is CC1CCC(N[C@H](C)C2CCCC2)CC1. The maximum Gasteiger partial charge on any atom is 0.00698 e. The van der Waals surface area contributed by atoms with Gasteiger partial charge in [0.25, 0.3) is 0 Å². The molecule has 0 spiro atoms. The van der Waals surface area contributed by atoms with Crippen molar-refractivity contribution in [2.24, 2.45) is 11.8 Å². The zero-order valence-electron chi connectivity index (χ0n) is 10.5. The maximum absolute atomic E-state index is 3.88. The summed E-state index contributed by atoms with van der Waals surface area (Å²) in [6.45, 7) is 4.81. The molecule has 1 N–H and O–H groups in total. The Morgan fingerprint density at radius 1 is 0.933 bits per heavy atom. The van der Waals surface area contributed by atoms with Crippen molar-refractivity contribution in [3.63, 3.8) is 0 Å². The van der Waals surface area contributed by atoms with Crippen LogP contribution < -0.4 is 5.32 Å². The third kappa shape index (κ3) is 3.21. The molecule has 0 unspecified atom stereocenters. The maximum atomic E-state index is 3.88. The molecular formula is C14H27N. The van der Waals surface area contributed by atoms with E-state index < -0.39 is 0 Å². The van der Waals surface area contributed by atoms with Crippen LogP contribution in [0, 0.1) is 11.8 Å². The quantitative estimate of drug-likeness (QED) is 0.747. The molecule has 1 nitrogen and oxygen atoms in total. The van der Waals surface area contributed by atoms with Crippen molar-refractivity contribution in [2.45, 2.75) is 77.3 Å². The van der Waals surface area contributed by atoms with E-state index in [1.54, 1.807) is 0 Å². The molecule has 1 atom stereocenters. The first-order chi connectivity index (χ1) is 7.25. The molecule has 2 saturated carbocycles. The predicted octanol–water partition coefficient (Wildman–Crippen LogP) is 3.73. The van der Waals surface area contributed by atoms with Gasteiger partial charge in [-0.2, -0.15) is 0 Å². The van der Waals surface area contributed by atoms with E-state index in [9.17, 15) is 0 Å². The third-order valence-electron chi connectivity index (χ3n) is 4.62. The Labute approximate surface area is 95.0 Å². The molecule has 0 heterocycles. The summed E-state index contributed by atoms with van der Waals surface area (Å²) in [5.74, 6) is 1.95. The topological polar surface area (TPSA) is 12.0 Å². The lowest BCUT2D eigenvalue weighted by atomic mass is 9.86. The molecule has 0 bridgehead atoms. The molecule has 15 heavy (non-hydrogen) atoms. The Morgan fingerprint density at radius 3 is 2.13 bits per heavy atom. The van der Waals surface area contributed by atoms with Gasteiger partial charge in [0, 0.05) is 12.1 Å². The number of nitrogens with one attached hydrogen (secondary N) is 1. The highest BCUT2D eigenvalue weighted by atomic mass is 15.0. The Morgan fingerprint density at radius 2 is 1.53 bits per heavy atom. The average molecular weight is 209 g/mol. The second-order valence-corrected chi connectivity index (χ2v) is 5.96. The highest BCUT2D eigenvalue weighted by molar-refractivity contribution is 4.83. The Kier molecular flexibility index (Phi) is 4.07. The van der Waals surface area contributed by atoms with Gasteiger partial charge in [-0.05, 0) is 57.3 Å². The van der Waals surface area contributed by atoms with Crippen LogP contribution in [0.1, 0.15) is 65.2 Å². The van der Waals surface area contributed by atoms with Crippen molar-refractivity contribution in [1.29, 1.82) is 0 Å². The van der Waals surface area contributed by atoms with Crippen molar-refractivity contribution in [3.05, 3.63) is 0 Å². The molecule has 0 aromatic rings. The van der Waals surface area contributed by atoms with Crippen LogP contribution >= 0.6 is 0 Å². The minimum absolute atomic E-state index is 0.769. The lowest BCUT2D eigenvalue weighted by molar-refractivity contribution is 0.261. The summed E-state index contributed by atoms with van der Waals surface area (Å²) >= 11 is 0. The van der Waals surface area contributed by atoms with E-state index >= 15 is 0 Å². The van der Waals surface area contributed by atoms with E-state index in [1.165, 1.54) is 51.4 Å². The van der Waals surface area contributed by atoms with Gasteiger partial charge in [-0.25, -0.2) is 0 Å². The van der Waals surface area contributed by atoms with Crippen molar-refractivity contribution in [2.75, 3.05) is 0 Å². The monoisotopic (exact) mass is 209 g/mol. The lowest BCUT2D eigenvalue weighted by Crippen LogP contribution is -2.42. The first-order valence-corrected chi connectivity index (χ1v) is 7.01. The van der Waals surface area contributed by atoms with E-state index in [2.05, 4.69) is 19.2 Å². The molecule has 2 aliphatic carbocycles. The molecule has 2 fully saturated rings. The van der Waals surface area contributed by atoms with E-state index in [-0.39, 0.29) is 0 Å². The molecule has 0 radical (unpaired) electrons. The highest BCUT2D eigenvalue weighted by Crippen LogP contribution is 2.29. The van der Waals surface area contributed by atoms with Crippen LogP contribution in [0.3, 0.4) is 0 Å². The van der Waals surface area contributed by atoms with Crippen LogP contribution in [-0.4, -0.2) is 12.1 Å². The fourth-order valence-electron chi connectivity index (χ4n) is 3.39. The van der Waals surface area contributed by atoms with E-state index in [4.69, 9.17) is 0 Å². The zero-order valence-corrected chi connectivity index (χ0v) is 10.5. The summed E-state index contributed by atoms with van der Waals surface area (Å²) < 4.78 is 0. The van der Waals surface area contributed by atoms with Crippen LogP contribution in [0.4, 0.5) is 0 Å². The Balaban J connectivity index is 1.71. The normalized spacial score (nSPS) is 35.6. The van der Waals surface area contributed by atoms with E-state index in [0.29, 0.717) is 0 Å². The third-order valence-corrected chi connectivity index (χ3v) is 4.62. The van der Waals surface area contributed by atoms with Gasteiger partial charge in [-0.1, -0.05) is 19.8 Å². The van der Waals surface area contributed by atoms with Crippen molar-refractivity contribution < 1.29 is 0 Å². The Hall–Kier alpha value is -0.0400. The lowest BCUT2D eigenvalue weighted by Gasteiger charge is -2.31. The fraction of sp³-hybridized carbons (Fsp3) is 1.00. The summed E-state index contributed by atoms with van der Waals surface area (Å²) in [7, 11) is 0. The molecule has 2 aliphatic rings. The molecule has 0 amide bonds. The van der Waals surface area contributed by atoms with Crippen LogP contribution in [-0.2, 0) is 0 Å². The predicted molar refractivity (Wildman–Crippen MR) is 66.0 cm³/mol. The first kappa shape index (κ1) is 11.4. The number of hydrogen-bond donors (Lipinski definition) is 1. The molecule has 0 aromatic carbocycles. The van der Waals surface area contributed by atoms with Gasteiger partial charge in [0.1, 0.15) is 0 Å².